The zero-order valence-corrected chi connectivity index (χ0v) is 9.69. The first-order chi connectivity index (χ1) is 7.70. The quantitative estimate of drug-likeness (QED) is 0.708. The molecule has 1 aliphatic rings. The number of nitrogens with two attached hydrogens (primary N) is 1. The van der Waals surface area contributed by atoms with Crippen molar-refractivity contribution in [3.63, 3.8) is 0 Å². The van der Waals surface area contributed by atoms with Gasteiger partial charge in [-0.2, -0.15) is 5.10 Å². The molecule has 1 aromatic rings. The van der Waals surface area contributed by atoms with E-state index in [1.54, 1.807) is 10.9 Å². The van der Waals surface area contributed by atoms with Gasteiger partial charge in [-0.05, 0) is 24.7 Å². The van der Waals surface area contributed by atoms with Gasteiger partial charge in [0.15, 0.2) is 5.82 Å². The molecule has 1 fully saturated rings. The molecule has 1 heterocycles. The van der Waals surface area contributed by atoms with Gasteiger partial charge in [0.2, 0.25) is 0 Å². The maximum Gasteiger partial charge on any atom is 0.171 e. The molecule has 2 unspecified atom stereocenters. The second-order valence-corrected chi connectivity index (χ2v) is 4.62. The molecule has 0 bridgehead atoms. The minimum Gasteiger partial charge on any atom is -0.396 e. The zero-order chi connectivity index (χ0) is 11.5. The van der Waals surface area contributed by atoms with Crippen LogP contribution in [0.2, 0.25) is 0 Å². The van der Waals surface area contributed by atoms with Crippen LogP contribution >= 0.6 is 0 Å². The predicted octanol–water partition coefficient (Wildman–Crippen LogP) is 0.823. The molecule has 0 aromatic carbocycles. The van der Waals surface area contributed by atoms with E-state index < -0.39 is 0 Å². The second kappa shape index (κ2) is 4.74. The molecule has 4 N–H and O–H groups in total. The molecule has 0 amide bonds. The monoisotopic (exact) mass is 224 g/mol. The molecule has 1 aromatic heterocycles. The zero-order valence-electron chi connectivity index (χ0n) is 9.69. The normalized spacial score (nSPS) is 24.9. The molecule has 2 atom stereocenters. The van der Waals surface area contributed by atoms with Crippen LogP contribution in [0.1, 0.15) is 19.3 Å². The summed E-state index contributed by atoms with van der Waals surface area (Å²) in [6, 6.07) is 0. The van der Waals surface area contributed by atoms with Crippen LogP contribution in [-0.2, 0) is 7.05 Å². The molecular formula is C11H20N4O. The third-order valence-corrected chi connectivity index (χ3v) is 3.44. The highest BCUT2D eigenvalue weighted by Gasteiger charge is 2.26. The first kappa shape index (κ1) is 11.3. The molecule has 1 saturated carbocycles. The minimum absolute atomic E-state index is 0.296. The van der Waals surface area contributed by atoms with Gasteiger partial charge in [-0.3, -0.25) is 4.68 Å². The van der Waals surface area contributed by atoms with E-state index in [1.807, 2.05) is 7.05 Å². The Morgan fingerprint density at radius 1 is 1.56 bits per heavy atom. The summed E-state index contributed by atoms with van der Waals surface area (Å²) in [5.74, 6) is 1.75. The number of rotatable bonds is 4. The highest BCUT2D eigenvalue weighted by molar-refractivity contribution is 5.59. The lowest BCUT2D eigenvalue weighted by atomic mass is 9.97. The number of aliphatic hydroxyl groups excluding tert-OH is 1. The number of hydrogen-bond donors (Lipinski definition) is 3. The van der Waals surface area contributed by atoms with Crippen molar-refractivity contribution in [2.75, 3.05) is 24.2 Å². The first-order valence-electron chi connectivity index (χ1n) is 5.84. The molecule has 0 radical (unpaired) electrons. The van der Waals surface area contributed by atoms with Gasteiger partial charge >= 0.3 is 0 Å². The van der Waals surface area contributed by atoms with Crippen LogP contribution in [-0.4, -0.2) is 28.0 Å². The fourth-order valence-corrected chi connectivity index (χ4v) is 2.49. The molecule has 5 heteroatoms. The summed E-state index contributed by atoms with van der Waals surface area (Å²) in [6.07, 6.45) is 5.33. The number of anilines is 2. The lowest BCUT2D eigenvalue weighted by Crippen LogP contribution is -2.21. The third kappa shape index (κ3) is 2.29. The van der Waals surface area contributed by atoms with Gasteiger partial charge in [-0.15, -0.1) is 0 Å². The van der Waals surface area contributed by atoms with Crippen molar-refractivity contribution in [3.8, 4) is 0 Å². The Morgan fingerprint density at radius 2 is 2.31 bits per heavy atom. The summed E-state index contributed by atoms with van der Waals surface area (Å²) in [7, 11) is 1.85. The smallest absolute Gasteiger partial charge is 0.171 e. The van der Waals surface area contributed by atoms with Gasteiger partial charge in [0.05, 0.1) is 5.69 Å². The molecule has 90 valence electrons. The fourth-order valence-electron chi connectivity index (χ4n) is 2.49. The summed E-state index contributed by atoms with van der Waals surface area (Å²) in [6.45, 7) is 1.15. The summed E-state index contributed by atoms with van der Waals surface area (Å²) >= 11 is 0. The number of nitrogens with one attached hydrogen (secondary N) is 1. The van der Waals surface area contributed by atoms with Gasteiger partial charge in [0.1, 0.15) is 0 Å². The average Bonchev–Trinajstić information content (AvgIpc) is 2.81. The van der Waals surface area contributed by atoms with E-state index in [0.29, 0.717) is 24.1 Å². The van der Waals surface area contributed by atoms with Crippen LogP contribution in [0.5, 0.6) is 0 Å². The Balaban J connectivity index is 1.89. The Hall–Kier alpha value is -1.23. The van der Waals surface area contributed by atoms with Gasteiger partial charge in [-0.25, -0.2) is 0 Å². The highest BCUT2D eigenvalue weighted by atomic mass is 16.3. The van der Waals surface area contributed by atoms with Gasteiger partial charge in [0.25, 0.3) is 0 Å². The van der Waals surface area contributed by atoms with Crippen molar-refractivity contribution in [1.82, 2.24) is 9.78 Å². The lowest BCUT2D eigenvalue weighted by molar-refractivity contribution is 0.199. The molecule has 0 aliphatic heterocycles. The molecule has 2 rings (SSSR count). The van der Waals surface area contributed by atoms with Crippen molar-refractivity contribution < 1.29 is 5.11 Å². The fraction of sp³-hybridized carbons (Fsp3) is 0.727. The van der Waals surface area contributed by atoms with Crippen molar-refractivity contribution in [2.45, 2.75) is 19.3 Å². The van der Waals surface area contributed by atoms with E-state index >= 15 is 0 Å². The topological polar surface area (TPSA) is 76.1 Å². The van der Waals surface area contributed by atoms with Crippen LogP contribution in [0.15, 0.2) is 6.20 Å². The number of aliphatic hydroxyl groups is 1. The SMILES string of the molecule is Cn1cc(N)c(NCC2CCCC2CO)n1. The third-order valence-electron chi connectivity index (χ3n) is 3.44. The number of nitrogens with zero attached hydrogens (tertiary/aromatic N) is 2. The molecule has 1 aliphatic carbocycles. The van der Waals surface area contributed by atoms with Crippen molar-refractivity contribution in [2.24, 2.45) is 18.9 Å². The Labute approximate surface area is 95.6 Å². The standard InChI is InChI=1S/C11H20N4O/c1-15-6-10(12)11(14-15)13-5-8-3-2-4-9(8)7-16/h6,8-9,16H,2-5,7,12H2,1H3,(H,13,14). The van der Waals surface area contributed by atoms with Crippen LogP contribution in [0.3, 0.4) is 0 Å². The van der Waals surface area contributed by atoms with Gasteiger partial charge in [-0.1, -0.05) is 6.42 Å². The highest BCUT2D eigenvalue weighted by Crippen LogP contribution is 2.31. The number of hydrogen-bond acceptors (Lipinski definition) is 4. The molecule has 5 nitrogen and oxygen atoms in total. The van der Waals surface area contributed by atoms with Crippen LogP contribution in [0.4, 0.5) is 11.5 Å². The summed E-state index contributed by atoms with van der Waals surface area (Å²) in [5, 5.41) is 16.7. The van der Waals surface area contributed by atoms with E-state index in [4.69, 9.17) is 5.73 Å². The Kier molecular flexibility index (Phi) is 3.33. The Morgan fingerprint density at radius 3 is 2.94 bits per heavy atom. The van der Waals surface area contributed by atoms with Crippen molar-refractivity contribution >= 4 is 11.5 Å². The molecule has 0 spiro atoms. The summed E-state index contributed by atoms with van der Waals surface area (Å²) in [5.41, 5.74) is 6.48. The van der Waals surface area contributed by atoms with Crippen LogP contribution < -0.4 is 11.1 Å². The molecule has 16 heavy (non-hydrogen) atoms. The summed E-state index contributed by atoms with van der Waals surface area (Å²) < 4.78 is 1.70. The lowest BCUT2D eigenvalue weighted by Gasteiger charge is -2.17. The predicted molar refractivity (Wildman–Crippen MR) is 64.0 cm³/mol. The molecular weight excluding hydrogens is 204 g/mol. The van der Waals surface area contributed by atoms with E-state index in [1.165, 1.54) is 12.8 Å². The maximum absolute atomic E-state index is 9.22. The van der Waals surface area contributed by atoms with E-state index in [-0.39, 0.29) is 0 Å². The first-order valence-corrected chi connectivity index (χ1v) is 5.84. The second-order valence-electron chi connectivity index (χ2n) is 4.62. The average molecular weight is 224 g/mol. The number of aryl methyl sites for hydroxylation is 1. The van der Waals surface area contributed by atoms with E-state index in [2.05, 4.69) is 10.4 Å². The van der Waals surface area contributed by atoms with Gasteiger partial charge < -0.3 is 16.2 Å². The Bertz CT molecular complexity index is 350. The van der Waals surface area contributed by atoms with Crippen molar-refractivity contribution in [3.05, 3.63) is 6.20 Å². The largest absolute Gasteiger partial charge is 0.396 e. The van der Waals surface area contributed by atoms with Crippen LogP contribution in [0, 0.1) is 11.8 Å². The summed E-state index contributed by atoms with van der Waals surface area (Å²) in [4.78, 5) is 0. The van der Waals surface area contributed by atoms with E-state index in [9.17, 15) is 5.11 Å². The van der Waals surface area contributed by atoms with Crippen molar-refractivity contribution in [1.29, 1.82) is 0 Å². The maximum atomic E-state index is 9.22. The number of aromatic nitrogens is 2. The molecule has 0 saturated heterocycles. The van der Waals surface area contributed by atoms with Gasteiger partial charge in [0, 0.05) is 26.4 Å². The van der Waals surface area contributed by atoms with Crippen LogP contribution in [0.25, 0.3) is 0 Å². The number of nitrogen functional groups attached to an aromatic ring is 1. The van der Waals surface area contributed by atoms with E-state index in [0.717, 1.165) is 18.8 Å². The minimum atomic E-state index is 0.296.